The molecule has 0 aliphatic rings. The molecule has 0 fully saturated rings. The lowest BCUT2D eigenvalue weighted by molar-refractivity contribution is 0.463. The van der Waals surface area contributed by atoms with Gasteiger partial charge in [0.2, 0.25) is 0 Å². The molecule has 0 aromatic heterocycles. The number of hydrogen-bond acceptors (Lipinski definition) is 4. The molecule has 0 bridgehead atoms. The largest absolute Gasteiger partial charge is 0.506 e. The maximum atomic E-state index is 10.2. The quantitative estimate of drug-likeness (QED) is 0.157. The summed E-state index contributed by atoms with van der Waals surface area (Å²) in [7, 11) is 0. The number of phenols is 4. The van der Waals surface area contributed by atoms with Gasteiger partial charge in [0.1, 0.15) is 23.0 Å². The van der Waals surface area contributed by atoms with Gasteiger partial charge in [-0.2, -0.15) is 0 Å². The van der Waals surface area contributed by atoms with E-state index in [-0.39, 0.29) is 45.7 Å². The van der Waals surface area contributed by atoms with Crippen LogP contribution in [-0.2, 0) is 10.8 Å². The zero-order valence-electron chi connectivity index (χ0n) is 28.1. The second kappa shape index (κ2) is 14.4. The summed E-state index contributed by atoms with van der Waals surface area (Å²) in [5, 5.41) is 41.0. The van der Waals surface area contributed by atoms with Crippen molar-refractivity contribution in [2.24, 2.45) is 0 Å². The number of hydrogen-bond donors (Lipinski definition) is 4. The molecular formula is C38H44Br2Cl2O4. The Balaban J connectivity index is 0.000000254. The fourth-order valence-corrected chi connectivity index (χ4v) is 6.94. The molecule has 0 unspecified atom stereocenters. The van der Waals surface area contributed by atoms with Crippen molar-refractivity contribution < 1.29 is 20.4 Å². The van der Waals surface area contributed by atoms with Crippen molar-refractivity contribution >= 4 is 55.1 Å². The van der Waals surface area contributed by atoms with Gasteiger partial charge in [-0.15, -0.1) is 0 Å². The fourth-order valence-electron chi connectivity index (χ4n) is 5.37. The highest BCUT2D eigenvalue weighted by Gasteiger charge is 2.29. The van der Waals surface area contributed by atoms with E-state index >= 15 is 0 Å². The molecule has 0 saturated carbocycles. The molecule has 4 aromatic rings. The third-order valence-electron chi connectivity index (χ3n) is 8.82. The van der Waals surface area contributed by atoms with Gasteiger partial charge >= 0.3 is 0 Å². The van der Waals surface area contributed by atoms with Crippen molar-refractivity contribution in [1.29, 1.82) is 0 Å². The maximum Gasteiger partial charge on any atom is 0.137 e. The van der Waals surface area contributed by atoms with Crippen molar-refractivity contribution in [2.75, 3.05) is 0 Å². The molecule has 0 atom stereocenters. The normalized spacial score (nSPS) is 12.0. The Bertz CT molecular complexity index is 1590. The van der Waals surface area contributed by atoms with Gasteiger partial charge in [-0.25, -0.2) is 0 Å². The number of rotatable bonds is 6. The zero-order chi connectivity index (χ0) is 35.0. The van der Waals surface area contributed by atoms with Crippen LogP contribution in [0.15, 0.2) is 57.5 Å². The lowest BCUT2D eigenvalue weighted by Crippen LogP contribution is -2.20. The molecule has 8 heteroatoms. The van der Waals surface area contributed by atoms with E-state index in [1.165, 1.54) is 0 Å². The highest BCUT2D eigenvalue weighted by atomic mass is 79.9. The minimum Gasteiger partial charge on any atom is -0.506 e. The molecule has 4 N–H and O–H groups in total. The van der Waals surface area contributed by atoms with E-state index in [2.05, 4.69) is 59.6 Å². The maximum absolute atomic E-state index is 10.2. The average molecular weight is 795 g/mol. The van der Waals surface area contributed by atoms with Gasteiger partial charge in [0, 0.05) is 10.8 Å². The fraction of sp³-hybridized carbons (Fsp3) is 0.368. The monoisotopic (exact) mass is 792 g/mol. The van der Waals surface area contributed by atoms with Crippen LogP contribution in [0.5, 0.6) is 23.0 Å². The van der Waals surface area contributed by atoms with Gasteiger partial charge in [0.15, 0.2) is 0 Å². The van der Waals surface area contributed by atoms with E-state index < -0.39 is 0 Å². The third kappa shape index (κ3) is 7.84. The molecule has 248 valence electrons. The van der Waals surface area contributed by atoms with Crippen molar-refractivity contribution in [2.45, 2.75) is 91.9 Å². The van der Waals surface area contributed by atoms with Gasteiger partial charge in [0.05, 0.1) is 19.0 Å². The first-order chi connectivity index (χ1) is 21.1. The molecule has 4 rings (SSSR count). The van der Waals surface area contributed by atoms with Gasteiger partial charge in [-0.05, 0) is 126 Å². The molecule has 0 aliphatic heterocycles. The predicted octanol–water partition coefficient (Wildman–Crippen LogP) is 12.5. The number of aromatic hydroxyl groups is 4. The minimum atomic E-state index is -0.387. The summed E-state index contributed by atoms with van der Waals surface area (Å²) in [4.78, 5) is 0. The first-order valence-electron chi connectivity index (χ1n) is 15.2. The first-order valence-corrected chi connectivity index (χ1v) is 17.5. The second-order valence-corrected chi connectivity index (χ2v) is 16.1. The van der Waals surface area contributed by atoms with E-state index in [1.807, 2.05) is 77.9 Å². The van der Waals surface area contributed by atoms with Crippen LogP contribution >= 0.6 is 55.1 Å². The molecule has 0 radical (unpaired) electrons. The standard InChI is InChI=1S/C21H26Cl2O2.C17H18Br2O2/c1-11(2)15-7-13(9-17(22)19(15)24)21(5,6)14-8-16(12(3)4)20(25)18(23)10-14;1-9-5-11(7-13(18)15(9)20)17(3,4)12-6-10(2)16(21)14(19)8-12/h7-12,24-25H,1-6H3;5-8,20-21H,1-4H3. The van der Waals surface area contributed by atoms with Crippen LogP contribution in [0.4, 0.5) is 0 Å². The van der Waals surface area contributed by atoms with E-state index in [0.717, 1.165) is 44.5 Å². The van der Waals surface area contributed by atoms with Crippen molar-refractivity contribution in [1.82, 2.24) is 0 Å². The Morgan fingerprint density at radius 3 is 1.04 bits per heavy atom. The summed E-state index contributed by atoms with van der Waals surface area (Å²) in [6.45, 7) is 20.3. The molecule has 0 heterocycles. The van der Waals surface area contributed by atoms with Crippen LogP contribution in [0.25, 0.3) is 0 Å². The summed E-state index contributed by atoms with van der Waals surface area (Å²) in [6, 6.07) is 15.5. The lowest BCUT2D eigenvalue weighted by atomic mass is 9.76. The SMILES string of the molecule is CC(C)c1cc(C(C)(C)c2cc(Cl)c(O)c(C(C)C)c2)cc(Cl)c1O.Cc1cc(C(C)(C)c2cc(C)c(O)c(Br)c2)cc(Br)c1O. The Kier molecular flexibility index (Phi) is 11.9. The highest BCUT2D eigenvalue weighted by molar-refractivity contribution is 9.10. The third-order valence-corrected chi connectivity index (χ3v) is 10.6. The number of phenolic OH excluding ortho intramolecular Hbond substituents is 4. The van der Waals surface area contributed by atoms with Gasteiger partial charge in [0.25, 0.3) is 0 Å². The highest BCUT2D eigenvalue weighted by Crippen LogP contribution is 2.44. The van der Waals surface area contributed by atoms with Crippen molar-refractivity contribution in [3.8, 4) is 23.0 Å². The number of halogens is 4. The first kappa shape index (κ1) is 38.1. The van der Waals surface area contributed by atoms with Crippen LogP contribution in [0, 0.1) is 13.8 Å². The van der Waals surface area contributed by atoms with Crippen molar-refractivity contribution in [3.63, 3.8) is 0 Å². The van der Waals surface area contributed by atoms with E-state index in [0.29, 0.717) is 19.0 Å². The van der Waals surface area contributed by atoms with Gasteiger partial charge in [-0.1, -0.05) is 103 Å². The number of benzene rings is 4. The molecular weight excluding hydrogens is 751 g/mol. The van der Waals surface area contributed by atoms with Crippen LogP contribution in [0.2, 0.25) is 10.0 Å². The topological polar surface area (TPSA) is 80.9 Å². The summed E-state index contributed by atoms with van der Waals surface area (Å²) < 4.78 is 1.39. The summed E-state index contributed by atoms with van der Waals surface area (Å²) >= 11 is 19.4. The number of aryl methyl sites for hydroxylation is 2. The average Bonchev–Trinajstić information content (AvgIpc) is 2.96. The molecule has 0 amide bonds. The molecule has 46 heavy (non-hydrogen) atoms. The Labute approximate surface area is 300 Å². The molecule has 0 aliphatic carbocycles. The van der Waals surface area contributed by atoms with E-state index in [1.54, 1.807) is 12.1 Å². The second-order valence-electron chi connectivity index (χ2n) is 13.6. The Morgan fingerprint density at radius 2 is 0.783 bits per heavy atom. The van der Waals surface area contributed by atoms with Crippen LogP contribution < -0.4 is 0 Å². The summed E-state index contributed by atoms with van der Waals surface area (Å²) in [6.07, 6.45) is 0. The Hall–Kier alpha value is -2.38. The smallest absolute Gasteiger partial charge is 0.137 e. The van der Waals surface area contributed by atoms with Gasteiger partial charge < -0.3 is 20.4 Å². The van der Waals surface area contributed by atoms with Crippen molar-refractivity contribution in [3.05, 3.63) is 112 Å². The summed E-state index contributed by atoms with van der Waals surface area (Å²) in [5.41, 5.74) is 6.87. The minimum absolute atomic E-state index is 0.142. The summed E-state index contributed by atoms with van der Waals surface area (Å²) in [5.74, 6) is 1.15. The van der Waals surface area contributed by atoms with E-state index in [4.69, 9.17) is 23.2 Å². The van der Waals surface area contributed by atoms with Gasteiger partial charge in [-0.3, -0.25) is 0 Å². The molecule has 0 spiro atoms. The lowest BCUT2D eigenvalue weighted by Gasteiger charge is -2.29. The Morgan fingerprint density at radius 1 is 0.500 bits per heavy atom. The zero-order valence-corrected chi connectivity index (χ0v) is 32.8. The predicted molar refractivity (Wildman–Crippen MR) is 200 cm³/mol. The van der Waals surface area contributed by atoms with Crippen LogP contribution in [0.3, 0.4) is 0 Å². The molecule has 4 nitrogen and oxygen atoms in total. The molecule has 4 aromatic carbocycles. The van der Waals surface area contributed by atoms with Crippen LogP contribution in [0.1, 0.15) is 112 Å². The van der Waals surface area contributed by atoms with E-state index in [9.17, 15) is 20.4 Å². The van der Waals surface area contributed by atoms with Crippen LogP contribution in [-0.4, -0.2) is 20.4 Å². The molecule has 0 saturated heterocycles.